The van der Waals surface area contributed by atoms with E-state index in [0.29, 0.717) is 17.4 Å². The number of rotatable bonds is 5. The molecule has 2 heterocycles. The lowest BCUT2D eigenvalue weighted by molar-refractivity contribution is -0.121. The number of aromatic nitrogens is 2. The van der Waals surface area contributed by atoms with Crippen LogP contribution in [-0.4, -0.2) is 15.5 Å². The molecule has 2 aromatic carbocycles. The summed E-state index contributed by atoms with van der Waals surface area (Å²) in [7, 11) is 0. The van der Waals surface area contributed by atoms with Gasteiger partial charge in [0.1, 0.15) is 12.4 Å². The van der Waals surface area contributed by atoms with E-state index in [-0.39, 0.29) is 18.3 Å². The van der Waals surface area contributed by atoms with E-state index in [9.17, 15) is 9.18 Å². The van der Waals surface area contributed by atoms with Crippen molar-refractivity contribution >= 4 is 16.8 Å². The third-order valence-electron chi connectivity index (χ3n) is 4.46. The molecule has 0 saturated carbocycles. The summed E-state index contributed by atoms with van der Waals surface area (Å²) in [6.07, 6.45) is 1.69. The van der Waals surface area contributed by atoms with E-state index in [2.05, 4.69) is 10.3 Å². The molecule has 0 radical (unpaired) electrons. The predicted octanol–water partition coefficient (Wildman–Crippen LogP) is 4.16. The van der Waals surface area contributed by atoms with Gasteiger partial charge in [0.25, 0.3) is 0 Å². The van der Waals surface area contributed by atoms with Crippen molar-refractivity contribution in [3.8, 4) is 11.3 Å². The number of carbonyl (C=O) groups is 1. The molecule has 2 aromatic heterocycles. The Bertz CT molecular complexity index is 1070. The summed E-state index contributed by atoms with van der Waals surface area (Å²) in [5, 5.41) is 3.39. The van der Waals surface area contributed by atoms with Crippen LogP contribution in [-0.2, 0) is 17.9 Å². The summed E-state index contributed by atoms with van der Waals surface area (Å²) in [5.74, 6) is -0.447. The maximum atomic E-state index is 14.3. The Morgan fingerprint density at radius 2 is 1.81 bits per heavy atom. The molecule has 5 heteroatoms. The number of pyridine rings is 1. The van der Waals surface area contributed by atoms with Gasteiger partial charge in [0, 0.05) is 17.3 Å². The minimum absolute atomic E-state index is 0.101. The highest BCUT2D eigenvalue weighted by Gasteiger charge is 2.15. The maximum Gasteiger partial charge on any atom is 0.240 e. The summed E-state index contributed by atoms with van der Waals surface area (Å²) in [6.45, 7) is 0.456. The smallest absolute Gasteiger partial charge is 0.240 e. The fraction of sp³-hybridized carbons (Fsp3) is 0.0909. The second-order valence-electron chi connectivity index (χ2n) is 6.25. The van der Waals surface area contributed by atoms with Gasteiger partial charge in [-0.2, -0.15) is 0 Å². The zero-order chi connectivity index (χ0) is 18.6. The third kappa shape index (κ3) is 3.58. The first-order valence-corrected chi connectivity index (χ1v) is 8.72. The molecule has 4 nitrogen and oxygen atoms in total. The van der Waals surface area contributed by atoms with Gasteiger partial charge in [0.05, 0.1) is 17.8 Å². The molecule has 27 heavy (non-hydrogen) atoms. The molecule has 0 aliphatic rings. The molecule has 0 spiro atoms. The Morgan fingerprint density at radius 1 is 1.00 bits per heavy atom. The molecule has 0 bridgehead atoms. The number of carbonyl (C=O) groups excluding carboxylic acids is 1. The predicted molar refractivity (Wildman–Crippen MR) is 103 cm³/mol. The number of halogens is 1. The van der Waals surface area contributed by atoms with Gasteiger partial charge in [0.2, 0.25) is 5.91 Å². The molecule has 0 fully saturated rings. The van der Waals surface area contributed by atoms with Crippen molar-refractivity contribution in [3.05, 3.63) is 90.5 Å². The number of amides is 1. The highest BCUT2D eigenvalue weighted by atomic mass is 19.1. The van der Waals surface area contributed by atoms with E-state index in [4.69, 9.17) is 0 Å². The lowest BCUT2D eigenvalue weighted by atomic mass is 10.1. The van der Waals surface area contributed by atoms with E-state index in [0.717, 1.165) is 17.0 Å². The first-order chi connectivity index (χ1) is 13.2. The van der Waals surface area contributed by atoms with Crippen molar-refractivity contribution in [1.82, 2.24) is 14.9 Å². The van der Waals surface area contributed by atoms with Crippen LogP contribution in [0.25, 0.3) is 22.2 Å². The van der Waals surface area contributed by atoms with Crippen LogP contribution < -0.4 is 5.32 Å². The fourth-order valence-corrected chi connectivity index (χ4v) is 3.16. The highest BCUT2D eigenvalue weighted by Crippen LogP contribution is 2.29. The zero-order valence-corrected chi connectivity index (χ0v) is 14.6. The number of benzene rings is 2. The molecule has 0 saturated heterocycles. The fourth-order valence-electron chi connectivity index (χ4n) is 3.16. The standard InChI is InChI=1S/C22H18FN3O/c23-19-10-6-11-20-18(19)13-21(16-7-2-1-3-8-16)26(20)15-22(27)25-14-17-9-4-5-12-24-17/h1-13H,14-15H2,(H,25,27). The summed E-state index contributed by atoms with van der Waals surface area (Å²) >= 11 is 0. The lowest BCUT2D eigenvalue weighted by Gasteiger charge is -2.11. The quantitative estimate of drug-likeness (QED) is 0.582. The summed E-state index contributed by atoms with van der Waals surface area (Å²) < 4.78 is 16.1. The van der Waals surface area contributed by atoms with E-state index in [1.807, 2.05) is 59.2 Å². The van der Waals surface area contributed by atoms with E-state index in [1.54, 1.807) is 18.3 Å². The molecule has 4 rings (SSSR count). The Labute approximate surface area is 156 Å². The SMILES string of the molecule is O=C(Cn1c(-c2ccccc2)cc2c(F)cccc21)NCc1ccccn1. The normalized spacial score (nSPS) is 10.9. The second-order valence-corrected chi connectivity index (χ2v) is 6.25. The first kappa shape index (κ1) is 17.0. The molecule has 4 aromatic rings. The van der Waals surface area contributed by atoms with Gasteiger partial charge in [-0.15, -0.1) is 0 Å². The van der Waals surface area contributed by atoms with Crippen LogP contribution >= 0.6 is 0 Å². The van der Waals surface area contributed by atoms with E-state index in [1.165, 1.54) is 6.07 Å². The van der Waals surface area contributed by atoms with Crippen LogP contribution in [0.5, 0.6) is 0 Å². The Morgan fingerprint density at radius 3 is 2.59 bits per heavy atom. The Kier molecular flexibility index (Phi) is 4.66. The third-order valence-corrected chi connectivity index (χ3v) is 4.46. The monoisotopic (exact) mass is 359 g/mol. The van der Waals surface area contributed by atoms with Crippen LogP contribution in [0.3, 0.4) is 0 Å². The summed E-state index contributed by atoms with van der Waals surface area (Å²) in [4.78, 5) is 16.7. The molecule has 0 aliphatic heterocycles. The minimum atomic E-state index is -0.294. The van der Waals surface area contributed by atoms with Crippen LogP contribution in [0.4, 0.5) is 4.39 Å². The second kappa shape index (κ2) is 7.41. The van der Waals surface area contributed by atoms with E-state index < -0.39 is 0 Å². The highest BCUT2D eigenvalue weighted by molar-refractivity contribution is 5.89. The van der Waals surface area contributed by atoms with Gasteiger partial charge < -0.3 is 9.88 Å². The van der Waals surface area contributed by atoms with Crippen LogP contribution in [0.15, 0.2) is 79.0 Å². The lowest BCUT2D eigenvalue weighted by Crippen LogP contribution is -2.27. The molecular formula is C22H18FN3O. The number of fused-ring (bicyclic) bond motifs is 1. The maximum absolute atomic E-state index is 14.3. The van der Waals surface area contributed by atoms with Crippen LogP contribution in [0.2, 0.25) is 0 Å². The van der Waals surface area contributed by atoms with Gasteiger partial charge in [-0.1, -0.05) is 42.5 Å². The summed E-state index contributed by atoms with van der Waals surface area (Å²) in [5.41, 5.74) is 3.23. The molecule has 0 unspecified atom stereocenters. The number of nitrogens with one attached hydrogen (secondary N) is 1. The van der Waals surface area contributed by atoms with Crippen molar-refractivity contribution < 1.29 is 9.18 Å². The van der Waals surface area contributed by atoms with Crippen LogP contribution in [0.1, 0.15) is 5.69 Å². The first-order valence-electron chi connectivity index (χ1n) is 8.72. The zero-order valence-electron chi connectivity index (χ0n) is 14.6. The molecule has 0 aliphatic carbocycles. The van der Waals surface area contributed by atoms with Gasteiger partial charge in [-0.3, -0.25) is 9.78 Å². The van der Waals surface area contributed by atoms with Gasteiger partial charge in [0.15, 0.2) is 0 Å². The van der Waals surface area contributed by atoms with Gasteiger partial charge in [-0.25, -0.2) is 4.39 Å². The number of hydrogen-bond acceptors (Lipinski definition) is 2. The van der Waals surface area contributed by atoms with Gasteiger partial charge in [-0.05, 0) is 35.9 Å². The van der Waals surface area contributed by atoms with Crippen molar-refractivity contribution in [2.75, 3.05) is 0 Å². The number of hydrogen-bond donors (Lipinski definition) is 1. The summed E-state index contributed by atoms with van der Waals surface area (Å²) in [6, 6.07) is 22.0. The average molecular weight is 359 g/mol. The number of nitrogens with zero attached hydrogens (tertiary/aromatic N) is 2. The largest absolute Gasteiger partial charge is 0.349 e. The van der Waals surface area contributed by atoms with Crippen LogP contribution in [0, 0.1) is 5.82 Å². The Hall–Kier alpha value is -3.47. The van der Waals surface area contributed by atoms with Crippen molar-refractivity contribution in [3.63, 3.8) is 0 Å². The molecule has 1 N–H and O–H groups in total. The van der Waals surface area contributed by atoms with Crippen molar-refractivity contribution in [2.24, 2.45) is 0 Å². The average Bonchev–Trinajstić information content (AvgIpc) is 3.08. The molecule has 0 atom stereocenters. The van der Waals surface area contributed by atoms with Gasteiger partial charge >= 0.3 is 0 Å². The molecule has 134 valence electrons. The van der Waals surface area contributed by atoms with Crippen molar-refractivity contribution in [1.29, 1.82) is 0 Å². The van der Waals surface area contributed by atoms with Crippen molar-refractivity contribution in [2.45, 2.75) is 13.1 Å². The Balaban J connectivity index is 1.65. The molecular weight excluding hydrogens is 341 g/mol. The molecule has 1 amide bonds. The van der Waals surface area contributed by atoms with E-state index >= 15 is 0 Å². The minimum Gasteiger partial charge on any atom is -0.349 e. The topological polar surface area (TPSA) is 46.9 Å².